The molecule has 3 aliphatic rings. The zero-order chi connectivity index (χ0) is 12.6. The molecule has 0 atom stereocenters. The molecule has 1 N–H and O–H groups in total. The topological polar surface area (TPSA) is 41.6 Å². The molecule has 1 spiro atoms. The Labute approximate surface area is 108 Å². The standard InChI is InChI=1S/C14H20N2O2/c1-11-9-12(10-18-11)16-8-2-3-14(13(16)17)4-6-15-7-5-14/h9,15H,1-8,10H2. The van der Waals surface area contributed by atoms with Crippen LogP contribution in [0.3, 0.4) is 0 Å². The van der Waals surface area contributed by atoms with E-state index in [0.717, 1.165) is 51.0 Å². The number of rotatable bonds is 1. The summed E-state index contributed by atoms with van der Waals surface area (Å²) in [6.07, 6.45) is 5.97. The molecule has 4 nitrogen and oxygen atoms in total. The minimum Gasteiger partial charge on any atom is -0.488 e. The van der Waals surface area contributed by atoms with E-state index in [1.807, 2.05) is 11.0 Å². The van der Waals surface area contributed by atoms with Crippen molar-refractivity contribution in [3.05, 3.63) is 24.1 Å². The predicted octanol–water partition coefficient (Wildman–Crippen LogP) is 1.41. The summed E-state index contributed by atoms with van der Waals surface area (Å²) in [5.41, 5.74) is 0.872. The molecular weight excluding hydrogens is 228 g/mol. The molecule has 18 heavy (non-hydrogen) atoms. The monoisotopic (exact) mass is 248 g/mol. The summed E-state index contributed by atoms with van der Waals surface area (Å²) in [5.74, 6) is 0.975. The highest BCUT2D eigenvalue weighted by molar-refractivity contribution is 5.85. The van der Waals surface area contributed by atoms with E-state index in [1.165, 1.54) is 0 Å². The van der Waals surface area contributed by atoms with Gasteiger partial charge in [-0.2, -0.15) is 0 Å². The summed E-state index contributed by atoms with van der Waals surface area (Å²) in [7, 11) is 0. The molecule has 1 amide bonds. The van der Waals surface area contributed by atoms with E-state index in [0.29, 0.717) is 18.3 Å². The fourth-order valence-corrected chi connectivity index (χ4v) is 3.31. The number of allylic oxidation sites excluding steroid dienone is 1. The zero-order valence-electron chi connectivity index (χ0n) is 10.7. The van der Waals surface area contributed by atoms with Gasteiger partial charge in [0.05, 0.1) is 11.1 Å². The van der Waals surface area contributed by atoms with Gasteiger partial charge in [0.25, 0.3) is 0 Å². The van der Waals surface area contributed by atoms with E-state index < -0.39 is 0 Å². The fraction of sp³-hybridized carbons (Fsp3) is 0.643. The second-order valence-corrected chi connectivity index (χ2v) is 5.48. The maximum absolute atomic E-state index is 12.8. The van der Waals surface area contributed by atoms with Crippen LogP contribution in [0.25, 0.3) is 0 Å². The van der Waals surface area contributed by atoms with E-state index in [1.54, 1.807) is 0 Å². The molecule has 0 aromatic carbocycles. The molecule has 98 valence electrons. The van der Waals surface area contributed by atoms with E-state index in [4.69, 9.17) is 4.74 Å². The highest BCUT2D eigenvalue weighted by Gasteiger charge is 2.45. The fourth-order valence-electron chi connectivity index (χ4n) is 3.31. The summed E-state index contributed by atoms with van der Waals surface area (Å²) < 4.78 is 5.35. The largest absolute Gasteiger partial charge is 0.488 e. The van der Waals surface area contributed by atoms with Crippen molar-refractivity contribution in [1.82, 2.24) is 10.2 Å². The van der Waals surface area contributed by atoms with E-state index in [9.17, 15) is 4.79 Å². The smallest absolute Gasteiger partial charge is 0.233 e. The highest BCUT2D eigenvalue weighted by atomic mass is 16.5. The zero-order valence-corrected chi connectivity index (χ0v) is 10.7. The van der Waals surface area contributed by atoms with E-state index >= 15 is 0 Å². The Kier molecular flexibility index (Phi) is 2.90. The van der Waals surface area contributed by atoms with Crippen molar-refractivity contribution >= 4 is 5.91 Å². The van der Waals surface area contributed by atoms with Crippen LogP contribution in [0.15, 0.2) is 24.1 Å². The SMILES string of the molecule is C=C1C=C(N2CCCC3(CCNCC3)C2=O)CO1. The van der Waals surface area contributed by atoms with Gasteiger partial charge in [-0.3, -0.25) is 4.79 Å². The summed E-state index contributed by atoms with van der Waals surface area (Å²) in [6.45, 7) is 7.03. The Morgan fingerprint density at radius 1 is 1.33 bits per heavy atom. The first-order chi connectivity index (χ1) is 8.71. The Morgan fingerprint density at radius 3 is 2.78 bits per heavy atom. The molecular formula is C14H20N2O2. The maximum Gasteiger partial charge on any atom is 0.233 e. The Balaban J connectivity index is 1.82. The molecule has 4 heteroatoms. The molecule has 0 radical (unpaired) electrons. The van der Waals surface area contributed by atoms with Crippen LogP contribution in [0.5, 0.6) is 0 Å². The van der Waals surface area contributed by atoms with Crippen LogP contribution in [0.1, 0.15) is 25.7 Å². The van der Waals surface area contributed by atoms with Crippen LogP contribution < -0.4 is 5.32 Å². The van der Waals surface area contributed by atoms with Crippen molar-refractivity contribution in [1.29, 1.82) is 0 Å². The average Bonchev–Trinajstić information content (AvgIpc) is 2.81. The van der Waals surface area contributed by atoms with Crippen molar-refractivity contribution < 1.29 is 9.53 Å². The Hall–Kier alpha value is -1.29. The number of piperidine rings is 2. The van der Waals surface area contributed by atoms with Crippen LogP contribution in [0, 0.1) is 5.41 Å². The molecule has 3 rings (SSSR count). The lowest BCUT2D eigenvalue weighted by Gasteiger charge is -2.44. The van der Waals surface area contributed by atoms with Crippen molar-refractivity contribution in [3.8, 4) is 0 Å². The van der Waals surface area contributed by atoms with Crippen molar-refractivity contribution in [2.45, 2.75) is 25.7 Å². The number of hydrogen-bond donors (Lipinski definition) is 1. The van der Waals surface area contributed by atoms with Gasteiger partial charge in [-0.15, -0.1) is 0 Å². The third-order valence-electron chi connectivity index (χ3n) is 4.38. The number of carbonyl (C=O) groups is 1. The van der Waals surface area contributed by atoms with Gasteiger partial charge >= 0.3 is 0 Å². The van der Waals surface area contributed by atoms with Crippen LogP contribution in [0.4, 0.5) is 0 Å². The first-order valence-electron chi connectivity index (χ1n) is 6.76. The molecule has 0 aromatic heterocycles. The number of likely N-dealkylation sites (tertiary alicyclic amines) is 1. The van der Waals surface area contributed by atoms with Crippen LogP contribution >= 0.6 is 0 Å². The summed E-state index contributed by atoms with van der Waals surface area (Å²) in [4.78, 5) is 14.7. The lowest BCUT2D eigenvalue weighted by molar-refractivity contribution is -0.146. The highest BCUT2D eigenvalue weighted by Crippen LogP contribution is 2.40. The van der Waals surface area contributed by atoms with Crippen molar-refractivity contribution in [2.75, 3.05) is 26.2 Å². The quantitative estimate of drug-likeness (QED) is 0.763. The second-order valence-electron chi connectivity index (χ2n) is 5.48. The van der Waals surface area contributed by atoms with Crippen LogP contribution in [0.2, 0.25) is 0 Å². The van der Waals surface area contributed by atoms with Gasteiger partial charge < -0.3 is 15.0 Å². The number of hydrogen-bond acceptors (Lipinski definition) is 3. The number of ether oxygens (including phenoxy) is 1. The van der Waals surface area contributed by atoms with Gasteiger partial charge in [-0.25, -0.2) is 0 Å². The maximum atomic E-state index is 12.8. The number of carbonyl (C=O) groups excluding carboxylic acids is 1. The van der Waals surface area contributed by atoms with Gasteiger partial charge in [0, 0.05) is 12.6 Å². The van der Waals surface area contributed by atoms with Gasteiger partial charge in [-0.05, 0) is 38.8 Å². The van der Waals surface area contributed by atoms with Gasteiger partial charge in [0.15, 0.2) is 0 Å². The number of nitrogens with one attached hydrogen (secondary N) is 1. The lowest BCUT2D eigenvalue weighted by atomic mass is 9.72. The summed E-state index contributed by atoms with van der Waals surface area (Å²) in [6, 6.07) is 0. The minimum atomic E-state index is -0.117. The Morgan fingerprint density at radius 2 is 2.11 bits per heavy atom. The van der Waals surface area contributed by atoms with Crippen LogP contribution in [-0.2, 0) is 9.53 Å². The molecule has 3 aliphatic heterocycles. The molecule has 0 unspecified atom stereocenters. The first-order valence-corrected chi connectivity index (χ1v) is 6.76. The minimum absolute atomic E-state index is 0.117. The Bertz CT molecular complexity index is 403. The molecule has 2 saturated heterocycles. The first kappa shape index (κ1) is 11.8. The molecule has 2 fully saturated rings. The van der Waals surface area contributed by atoms with Gasteiger partial charge in [0.2, 0.25) is 5.91 Å². The molecule has 3 heterocycles. The van der Waals surface area contributed by atoms with Crippen LogP contribution in [-0.4, -0.2) is 37.0 Å². The average molecular weight is 248 g/mol. The second kappa shape index (κ2) is 4.43. The number of nitrogens with zero attached hydrogens (tertiary/aromatic N) is 1. The van der Waals surface area contributed by atoms with E-state index in [2.05, 4.69) is 11.9 Å². The molecule has 0 bridgehead atoms. The summed E-state index contributed by atoms with van der Waals surface area (Å²) >= 11 is 0. The van der Waals surface area contributed by atoms with Crippen molar-refractivity contribution in [3.63, 3.8) is 0 Å². The number of amides is 1. The molecule has 0 saturated carbocycles. The normalized spacial score (nSPS) is 27.3. The summed E-state index contributed by atoms with van der Waals surface area (Å²) in [5, 5.41) is 3.34. The third kappa shape index (κ3) is 1.85. The van der Waals surface area contributed by atoms with E-state index in [-0.39, 0.29) is 5.41 Å². The van der Waals surface area contributed by atoms with Crippen molar-refractivity contribution in [2.24, 2.45) is 5.41 Å². The third-order valence-corrected chi connectivity index (χ3v) is 4.38. The lowest BCUT2D eigenvalue weighted by Crippen LogP contribution is -2.52. The predicted molar refractivity (Wildman–Crippen MR) is 68.7 cm³/mol. The van der Waals surface area contributed by atoms with Gasteiger partial charge in [0.1, 0.15) is 12.4 Å². The van der Waals surface area contributed by atoms with Gasteiger partial charge in [-0.1, -0.05) is 6.58 Å². The molecule has 0 aromatic rings. The molecule has 0 aliphatic carbocycles.